The summed E-state index contributed by atoms with van der Waals surface area (Å²) >= 11 is 0. The van der Waals surface area contributed by atoms with E-state index in [0.29, 0.717) is 44.8 Å². The van der Waals surface area contributed by atoms with Crippen molar-refractivity contribution >= 4 is 17.9 Å². The number of benzene rings is 1. The van der Waals surface area contributed by atoms with Crippen molar-refractivity contribution in [2.75, 3.05) is 26.2 Å². The van der Waals surface area contributed by atoms with Gasteiger partial charge in [-0.05, 0) is 60.1 Å². The molecule has 2 aliphatic heterocycles. The van der Waals surface area contributed by atoms with E-state index in [2.05, 4.69) is 0 Å². The van der Waals surface area contributed by atoms with E-state index in [-0.39, 0.29) is 44.9 Å². The van der Waals surface area contributed by atoms with Gasteiger partial charge in [0.25, 0.3) is 5.69 Å². The number of aliphatic hydroxyl groups excluding tert-OH is 1. The van der Waals surface area contributed by atoms with Gasteiger partial charge in [-0.25, -0.2) is 9.59 Å². The molecule has 2 atom stereocenters. The van der Waals surface area contributed by atoms with Crippen LogP contribution in [0.4, 0.5) is 15.3 Å². The van der Waals surface area contributed by atoms with E-state index in [1.807, 2.05) is 41.5 Å². The second kappa shape index (κ2) is 14.0. The summed E-state index contributed by atoms with van der Waals surface area (Å²) in [7, 11) is 0. The summed E-state index contributed by atoms with van der Waals surface area (Å²) in [5.41, 5.74) is -0.951. The van der Waals surface area contributed by atoms with E-state index in [1.54, 1.807) is 17.0 Å². The molecule has 1 aromatic carbocycles. The summed E-state index contributed by atoms with van der Waals surface area (Å²) < 4.78 is 16.2. The molecule has 3 rings (SSSR count). The molecule has 11 heteroatoms. The van der Waals surface area contributed by atoms with Crippen molar-refractivity contribution < 1.29 is 33.8 Å². The van der Waals surface area contributed by atoms with Crippen LogP contribution in [0.15, 0.2) is 24.3 Å². The van der Waals surface area contributed by atoms with E-state index in [4.69, 9.17) is 14.2 Å². The van der Waals surface area contributed by atoms with Crippen LogP contribution in [0.1, 0.15) is 69.2 Å². The zero-order chi connectivity index (χ0) is 26.4. The first kappa shape index (κ1) is 33.9. The van der Waals surface area contributed by atoms with Gasteiger partial charge in [0, 0.05) is 38.2 Å². The van der Waals surface area contributed by atoms with Crippen LogP contribution in [0, 0.1) is 10.1 Å². The molecule has 2 unspecified atom stereocenters. The van der Waals surface area contributed by atoms with E-state index in [0.717, 1.165) is 0 Å². The maximum absolute atomic E-state index is 12.0. The van der Waals surface area contributed by atoms with Crippen molar-refractivity contribution in [3.8, 4) is 5.75 Å². The Hall–Kier alpha value is -3.08. The number of ether oxygens (including phenoxy) is 3. The van der Waals surface area contributed by atoms with Gasteiger partial charge < -0.3 is 29.1 Å². The van der Waals surface area contributed by atoms with Crippen molar-refractivity contribution in [3.63, 3.8) is 0 Å². The Bertz CT molecular complexity index is 877. The van der Waals surface area contributed by atoms with Gasteiger partial charge in [-0.1, -0.05) is 14.9 Å². The quantitative estimate of drug-likeness (QED) is 0.417. The highest BCUT2D eigenvalue weighted by Crippen LogP contribution is 2.22. The summed E-state index contributed by atoms with van der Waals surface area (Å²) in [5.74, 6) is 0.557. The molecule has 2 aliphatic rings. The normalized spacial score (nSPS) is 19.0. The van der Waals surface area contributed by atoms with Crippen LogP contribution in [-0.4, -0.2) is 81.6 Å². The van der Waals surface area contributed by atoms with Crippen LogP contribution in [0.2, 0.25) is 0 Å². The van der Waals surface area contributed by atoms with Gasteiger partial charge in [-0.3, -0.25) is 10.1 Å². The lowest BCUT2D eigenvalue weighted by Crippen LogP contribution is -2.36. The Balaban J connectivity index is 0.000000747. The number of likely N-dealkylation sites (tertiary alicyclic amines) is 2. The lowest BCUT2D eigenvalue weighted by Gasteiger charge is -2.24. The standard InChI is InChI=1S/C15H20N2O5.C9H17NO3.2CH4/c1-15(2,3)22-14(18)16-9-8-13(10-16)21-12-6-4-11(5-7-12)17(19)20;1-9(2,3)13-8(12)10-5-4-7(11)6-10;;/h4-7,13H,8-10H2,1-3H3;7,11H,4-6H2,1-3H3;2*1H4. The van der Waals surface area contributed by atoms with Crippen molar-refractivity contribution in [3.05, 3.63) is 34.4 Å². The fourth-order valence-corrected chi connectivity index (χ4v) is 3.39. The lowest BCUT2D eigenvalue weighted by molar-refractivity contribution is -0.384. The minimum Gasteiger partial charge on any atom is -0.489 e. The number of amides is 2. The SMILES string of the molecule is C.C.CC(C)(C)OC(=O)N1CCC(O)C1.CC(C)(C)OC(=O)N1CCC(Oc2ccc([N+](=O)[O-])cc2)C1. The Kier molecular flexibility index (Phi) is 12.8. The highest BCUT2D eigenvalue weighted by molar-refractivity contribution is 5.69. The summed E-state index contributed by atoms with van der Waals surface area (Å²) in [6, 6.07) is 5.92. The third kappa shape index (κ3) is 12.1. The first-order valence-electron chi connectivity index (χ1n) is 11.7. The Morgan fingerprint density at radius 3 is 1.76 bits per heavy atom. The largest absolute Gasteiger partial charge is 0.489 e. The second-order valence-corrected chi connectivity index (χ2v) is 10.6. The number of nitro groups is 1. The maximum atomic E-state index is 12.0. The van der Waals surface area contributed by atoms with E-state index in [1.165, 1.54) is 17.0 Å². The van der Waals surface area contributed by atoms with Crippen molar-refractivity contribution in [1.82, 2.24) is 9.80 Å². The van der Waals surface area contributed by atoms with Gasteiger partial charge in [0.2, 0.25) is 0 Å². The molecule has 0 bridgehead atoms. The molecule has 1 aromatic rings. The Labute approximate surface area is 220 Å². The molecule has 2 fully saturated rings. The molecule has 0 aliphatic carbocycles. The average Bonchev–Trinajstić information content (AvgIpc) is 3.36. The van der Waals surface area contributed by atoms with Gasteiger partial charge in [0.05, 0.1) is 17.6 Å². The lowest BCUT2D eigenvalue weighted by atomic mass is 10.2. The van der Waals surface area contributed by atoms with Gasteiger partial charge in [-0.15, -0.1) is 0 Å². The van der Waals surface area contributed by atoms with Crippen LogP contribution in [-0.2, 0) is 9.47 Å². The minimum absolute atomic E-state index is 0. The zero-order valence-electron chi connectivity index (χ0n) is 21.4. The molecule has 2 saturated heterocycles. The molecule has 37 heavy (non-hydrogen) atoms. The minimum atomic E-state index is -0.519. The first-order chi connectivity index (χ1) is 16.1. The van der Waals surface area contributed by atoms with Crippen molar-refractivity contribution in [1.29, 1.82) is 0 Å². The third-order valence-electron chi connectivity index (χ3n) is 4.96. The highest BCUT2D eigenvalue weighted by atomic mass is 16.6. The number of hydrogen-bond donors (Lipinski definition) is 1. The predicted octanol–water partition coefficient (Wildman–Crippen LogP) is 5.24. The summed E-state index contributed by atoms with van der Waals surface area (Å²) in [5, 5.41) is 19.8. The fraction of sp³-hybridized carbons (Fsp3) is 0.692. The number of nitro benzene ring substituents is 1. The monoisotopic (exact) mass is 527 g/mol. The molecule has 212 valence electrons. The molecule has 0 saturated carbocycles. The first-order valence-corrected chi connectivity index (χ1v) is 11.7. The van der Waals surface area contributed by atoms with Crippen LogP contribution in [0.5, 0.6) is 5.75 Å². The van der Waals surface area contributed by atoms with Crippen molar-refractivity contribution in [2.24, 2.45) is 0 Å². The van der Waals surface area contributed by atoms with Gasteiger partial charge >= 0.3 is 12.2 Å². The highest BCUT2D eigenvalue weighted by Gasteiger charge is 2.31. The number of non-ortho nitro benzene ring substituents is 1. The number of aliphatic hydroxyl groups is 1. The number of carbonyl (C=O) groups is 2. The Morgan fingerprint density at radius 1 is 0.892 bits per heavy atom. The molecule has 2 amide bonds. The molecule has 0 spiro atoms. The predicted molar refractivity (Wildman–Crippen MR) is 142 cm³/mol. The van der Waals surface area contributed by atoms with Gasteiger partial charge in [-0.2, -0.15) is 0 Å². The molecule has 2 heterocycles. The van der Waals surface area contributed by atoms with Crippen LogP contribution in [0.25, 0.3) is 0 Å². The molecular formula is C26H45N3O8. The molecule has 11 nitrogen and oxygen atoms in total. The van der Waals surface area contributed by atoms with Gasteiger partial charge in [0.15, 0.2) is 0 Å². The summed E-state index contributed by atoms with van der Waals surface area (Å²) in [4.78, 5) is 36.6. The van der Waals surface area contributed by atoms with E-state index < -0.39 is 16.1 Å². The van der Waals surface area contributed by atoms with Gasteiger partial charge in [0.1, 0.15) is 23.1 Å². The average molecular weight is 528 g/mol. The molecular weight excluding hydrogens is 482 g/mol. The van der Waals surface area contributed by atoms with Crippen LogP contribution >= 0.6 is 0 Å². The van der Waals surface area contributed by atoms with Crippen molar-refractivity contribution in [2.45, 2.75) is 92.6 Å². The second-order valence-electron chi connectivity index (χ2n) is 10.6. The number of carbonyl (C=O) groups excluding carboxylic acids is 2. The molecule has 0 radical (unpaired) electrons. The topological polar surface area (TPSA) is 132 Å². The van der Waals surface area contributed by atoms with E-state index >= 15 is 0 Å². The number of nitrogens with zero attached hydrogens (tertiary/aromatic N) is 3. The smallest absolute Gasteiger partial charge is 0.410 e. The van der Waals surface area contributed by atoms with Crippen LogP contribution < -0.4 is 4.74 Å². The van der Waals surface area contributed by atoms with Crippen LogP contribution in [0.3, 0.4) is 0 Å². The Morgan fingerprint density at radius 2 is 1.35 bits per heavy atom. The van der Waals surface area contributed by atoms with E-state index in [9.17, 15) is 24.8 Å². The zero-order valence-corrected chi connectivity index (χ0v) is 21.4. The summed E-state index contributed by atoms with van der Waals surface area (Å²) in [6.07, 6.45) is 0.169. The maximum Gasteiger partial charge on any atom is 0.410 e. The fourth-order valence-electron chi connectivity index (χ4n) is 3.39. The third-order valence-corrected chi connectivity index (χ3v) is 4.96. The number of β-amino-alcohol motifs (C(OH)–C–C–N with tert-alkyl or cyclic N) is 1. The molecule has 1 N–H and O–H groups in total. The number of rotatable bonds is 3. The number of hydrogen-bond acceptors (Lipinski definition) is 8. The molecule has 0 aromatic heterocycles. The summed E-state index contributed by atoms with van der Waals surface area (Å²) in [6.45, 7) is 13.0.